The van der Waals surface area contributed by atoms with Crippen LogP contribution in [0.25, 0.3) is 0 Å². The lowest BCUT2D eigenvalue weighted by molar-refractivity contribution is 0.241. The van der Waals surface area contributed by atoms with Crippen LogP contribution < -0.4 is 5.32 Å². The molecule has 2 aliphatic rings. The van der Waals surface area contributed by atoms with Crippen LogP contribution in [0.2, 0.25) is 0 Å². The van der Waals surface area contributed by atoms with Gasteiger partial charge in [-0.2, -0.15) is 0 Å². The van der Waals surface area contributed by atoms with Gasteiger partial charge in [0.05, 0.1) is 0 Å². The zero-order chi connectivity index (χ0) is 13.2. The summed E-state index contributed by atoms with van der Waals surface area (Å²) in [5.74, 6) is 2.51. The Kier molecular flexibility index (Phi) is 3.93. The van der Waals surface area contributed by atoms with E-state index < -0.39 is 0 Å². The average molecular weight is 257 g/mol. The van der Waals surface area contributed by atoms with E-state index in [9.17, 15) is 0 Å². The SMILES string of the molecule is Cc1ccc(C2CC(C)CCC2CNC2CC2)cc1. The van der Waals surface area contributed by atoms with Crippen LogP contribution in [-0.2, 0) is 0 Å². The van der Waals surface area contributed by atoms with Crippen molar-refractivity contribution in [3.63, 3.8) is 0 Å². The first-order chi connectivity index (χ1) is 9.22. The quantitative estimate of drug-likeness (QED) is 0.849. The Balaban J connectivity index is 1.70. The highest BCUT2D eigenvalue weighted by atomic mass is 14.9. The molecule has 2 saturated carbocycles. The summed E-state index contributed by atoms with van der Waals surface area (Å²) in [6.07, 6.45) is 7.00. The van der Waals surface area contributed by atoms with Crippen molar-refractivity contribution in [1.82, 2.24) is 5.32 Å². The Labute approximate surface area is 117 Å². The molecule has 1 nitrogen and oxygen atoms in total. The average Bonchev–Trinajstić information content (AvgIpc) is 3.22. The van der Waals surface area contributed by atoms with E-state index in [1.165, 1.54) is 44.2 Å². The molecule has 0 amide bonds. The molecule has 0 spiro atoms. The molecule has 3 unspecified atom stereocenters. The second-order valence-corrected chi connectivity index (χ2v) is 6.88. The predicted octanol–water partition coefficient (Wildman–Crippen LogP) is 4.27. The van der Waals surface area contributed by atoms with Gasteiger partial charge in [-0.05, 0) is 62.5 Å². The van der Waals surface area contributed by atoms with E-state index in [1.54, 1.807) is 5.56 Å². The molecule has 3 rings (SSSR count). The van der Waals surface area contributed by atoms with E-state index in [0.29, 0.717) is 0 Å². The van der Waals surface area contributed by atoms with Crippen molar-refractivity contribution in [2.45, 2.75) is 57.9 Å². The molecule has 0 heterocycles. The Morgan fingerprint density at radius 1 is 1.05 bits per heavy atom. The monoisotopic (exact) mass is 257 g/mol. The minimum absolute atomic E-state index is 0.774. The van der Waals surface area contributed by atoms with Crippen molar-refractivity contribution in [1.29, 1.82) is 0 Å². The zero-order valence-corrected chi connectivity index (χ0v) is 12.4. The molecule has 104 valence electrons. The second-order valence-electron chi connectivity index (χ2n) is 6.88. The van der Waals surface area contributed by atoms with Gasteiger partial charge in [0.2, 0.25) is 0 Å². The molecular weight excluding hydrogens is 230 g/mol. The first-order valence-corrected chi connectivity index (χ1v) is 8.02. The van der Waals surface area contributed by atoms with Crippen LogP contribution in [0.1, 0.15) is 56.1 Å². The molecule has 0 aliphatic heterocycles. The zero-order valence-electron chi connectivity index (χ0n) is 12.4. The maximum absolute atomic E-state index is 3.75. The minimum Gasteiger partial charge on any atom is -0.314 e. The standard InChI is InChI=1S/C18H27N/c1-13-3-6-15(7-4-13)18-11-14(2)5-8-16(18)12-19-17-9-10-17/h3-4,6-7,14,16-19H,5,8-12H2,1-2H3. The van der Waals surface area contributed by atoms with Gasteiger partial charge < -0.3 is 5.32 Å². The number of hydrogen-bond donors (Lipinski definition) is 1. The molecule has 2 aliphatic carbocycles. The maximum Gasteiger partial charge on any atom is 0.00683 e. The molecule has 1 aromatic carbocycles. The minimum atomic E-state index is 0.774. The Morgan fingerprint density at radius 3 is 2.47 bits per heavy atom. The Hall–Kier alpha value is -0.820. The van der Waals surface area contributed by atoms with Crippen LogP contribution in [0.3, 0.4) is 0 Å². The Bertz CT molecular complexity index is 404. The number of hydrogen-bond acceptors (Lipinski definition) is 1. The van der Waals surface area contributed by atoms with Gasteiger partial charge in [0.25, 0.3) is 0 Å². The highest BCUT2D eigenvalue weighted by Crippen LogP contribution is 2.40. The first-order valence-electron chi connectivity index (χ1n) is 8.02. The van der Waals surface area contributed by atoms with Crippen molar-refractivity contribution in [3.8, 4) is 0 Å². The van der Waals surface area contributed by atoms with E-state index in [0.717, 1.165) is 23.8 Å². The number of aryl methyl sites for hydroxylation is 1. The topological polar surface area (TPSA) is 12.0 Å². The Morgan fingerprint density at radius 2 is 1.79 bits per heavy atom. The van der Waals surface area contributed by atoms with Gasteiger partial charge in [0.15, 0.2) is 0 Å². The summed E-state index contributed by atoms with van der Waals surface area (Å²) >= 11 is 0. The van der Waals surface area contributed by atoms with Gasteiger partial charge in [-0.25, -0.2) is 0 Å². The van der Waals surface area contributed by atoms with E-state index >= 15 is 0 Å². The highest BCUT2D eigenvalue weighted by molar-refractivity contribution is 5.25. The molecule has 0 aromatic heterocycles. The molecule has 2 fully saturated rings. The summed E-state index contributed by atoms with van der Waals surface area (Å²) in [5.41, 5.74) is 2.94. The number of rotatable bonds is 4. The van der Waals surface area contributed by atoms with Crippen molar-refractivity contribution in [2.24, 2.45) is 11.8 Å². The summed E-state index contributed by atoms with van der Waals surface area (Å²) in [5, 5.41) is 3.75. The molecule has 3 atom stereocenters. The number of benzene rings is 1. The van der Waals surface area contributed by atoms with Crippen LogP contribution >= 0.6 is 0 Å². The molecule has 1 N–H and O–H groups in total. The van der Waals surface area contributed by atoms with Crippen LogP contribution in [-0.4, -0.2) is 12.6 Å². The van der Waals surface area contributed by atoms with Crippen LogP contribution in [0.15, 0.2) is 24.3 Å². The van der Waals surface area contributed by atoms with Gasteiger partial charge in [-0.1, -0.05) is 43.2 Å². The summed E-state index contributed by atoms with van der Waals surface area (Å²) in [4.78, 5) is 0. The fourth-order valence-electron chi connectivity index (χ4n) is 3.52. The van der Waals surface area contributed by atoms with Crippen molar-refractivity contribution >= 4 is 0 Å². The largest absolute Gasteiger partial charge is 0.314 e. The van der Waals surface area contributed by atoms with E-state index in [1.807, 2.05) is 0 Å². The molecule has 1 heteroatoms. The van der Waals surface area contributed by atoms with Crippen molar-refractivity contribution < 1.29 is 0 Å². The van der Waals surface area contributed by atoms with Gasteiger partial charge >= 0.3 is 0 Å². The summed E-state index contributed by atoms with van der Waals surface area (Å²) in [7, 11) is 0. The fraction of sp³-hybridized carbons (Fsp3) is 0.667. The van der Waals surface area contributed by atoms with E-state index in [-0.39, 0.29) is 0 Å². The summed E-state index contributed by atoms with van der Waals surface area (Å²) < 4.78 is 0. The lowest BCUT2D eigenvalue weighted by Gasteiger charge is -2.35. The van der Waals surface area contributed by atoms with E-state index in [2.05, 4.69) is 43.4 Å². The lowest BCUT2D eigenvalue weighted by Crippen LogP contribution is -2.32. The van der Waals surface area contributed by atoms with Gasteiger partial charge in [-0.3, -0.25) is 0 Å². The molecule has 0 bridgehead atoms. The third-order valence-corrected chi connectivity index (χ3v) is 5.01. The molecular formula is C18H27N. The van der Waals surface area contributed by atoms with Crippen molar-refractivity contribution in [3.05, 3.63) is 35.4 Å². The third kappa shape index (κ3) is 3.39. The number of nitrogens with one attached hydrogen (secondary N) is 1. The summed E-state index contributed by atoms with van der Waals surface area (Å²) in [6, 6.07) is 10.1. The van der Waals surface area contributed by atoms with Crippen molar-refractivity contribution in [2.75, 3.05) is 6.54 Å². The molecule has 0 radical (unpaired) electrons. The first kappa shape index (κ1) is 13.2. The highest BCUT2D eigenvalue weighted by Gasteiger charge is 2.31. The van der Waals surface area contributed by atoms with Gasteiger partial charge in [0, 0.05) is 6.04 Å². The molecule has 1 aromatic rings. The normalized spacial score (nSPS) is 31.4. The van der Waals surface area contributed by atoms with Crippen LogP contribution in [0.4, 0.5) is 0 Å². The third-order valence-electron chi connectivity index (χ3n) is 5.01. The second kappa shape index (κ2) is 5.66. The molecule has 0 saturated heterocycles. The predicted molar refractivity (Wildman–Crippen MR) is 81.4 cm³/mol. The lowest BCUT2D eigenvalue weighted by atomic mass is 9.71. The van der Waals surface area contributed by atoms with Crippen LogP contribution in [0.5, 0.6) is 0 Å². The van der Waals surface area contributed by atoms with Crippen LogP contribution in [0, 0.1) is 18.8 Å². The fourth-order valence-corrected chi connectivity index (χ4v) is 3.52. The smallest absolute Gasteiger partial charge is 0.00683 e. The molecule has 19 heavy (non-hydrogen) atoms. The maximum atomic E-state index is 3.75. The van der Waals surface area contributed by atoms with Gasteiger partial charge in [-0.15, -0.1) is 0 Å². The summed E-state index contributed by atoms with van der Waals surface area (Å²) in [6.45, 7) is 5.83. The van der Waals surface area contributed by atoms with E-state index in [4.69, 9.17) is 0 Å². The van der Waals surface area contributed by atoms with Gasteiger partial charge in [0.1, 0.15) is 0 Å².